The second kappa shape index (κ2) is 6.81. The Bertz CT molecular complexity index is 578. The van der Waals surface area contributed by atoms with E-state index < -0.39 is 0 Å². The number of aryl methyl sites for hydroxylation is 2. The molecule has 6 nitrogen and oxygen atoms in total. The predicted molar refractivity (Wildman–Crippen MR) is 77.2 cm³/mol. The first kappa shape index (κ1) is 14.2. The topological polar surface area (TPSA) is 71.8 Å². The summed E-state index contributed by atoms with van der Waals surface area (Å²) in [5, 5.41) is 13.8. The molecule has 2 N–H and O–H groups in total. The van der Waals surface area contributed by atoms with Crippen LogP contribution in [0.5, 0.6) is 0 Å². The zero-order valence-corrected chi connectivity index (χ0v) is 11.8. The van der Waals surface area contributed by atoms with Gasteiger partial charge in [-0.05, 0) is 25.5 Å². The van der Waals surface area contributed by atoms with Gasteiger partial charge in [0, 0.05) is 12.2 Å². The van der Waals surface area contributed by atoms with Gasteiger partial charge in [-0.1, -0.05) is 18.2 Å². The number of amides is 1. The number of hydrogen-bond donors (Lipinski definition) is 2. The van der Waals surface area contributed by atoms with E-state index in [0.29, 0.717) is 6.54 Å². The first-order valence-corrected chi connectivity index (χ1v) is 6.63. The molecule has 0 aliphatic carbocycles. The number of carbonyl (C=O) groups is 1. The Morgan fingerprint density at radius 2 is 2.15 bits per heavy atom. The van der Waals surface area contributed by atoms with Gasteiger partial charge in [0.25, 0.3) is 0 Å². The highest BCUT2D eigenvalue weighted by Gasteiger charge is 2.06. The van der Waals surface area contributed by atoms with Gasteiger partial charge in [0.15, 0.2) is 0 Å². The summed E-state index contributed by atoms with van der Waals surface area (Å²) in [4.78, 5) is 11.8. The maximum absolute atomic E-state index is 11.8. The van der Waals surface area contributed by atoms with E-state index in [-0.39, 0.29) is 12.5 Å². The standard InChI is InChI=1S/C14H19N5O/c1-3-19-10-16-18-13(19)8-15-9-14(20)17-12-7-5-4-6-11(12)2/h4-7,10,15H,3,8-9H2,1-2H3,(H,17,20). The molecule has 1 amide bonds. The average Bonchev–Trinajstić information content (AvgIpc) is 2.89. The minimum Gasteiger partial charge on any atom is -0.325 e. The minimum absolute atomic E-state index is 0.0677. The van der Waals surface area contributed by atoms with Crippen LogP contribution in [0.15, 0.2) is 30.6 Å². The Hall–Kier alpha value is -2.21. The van der Waals surface area contributed by atoms with Crippen LogP contribution in [-0.2, 0) is 17.9 Å². The van der Waals surface area contributed by atoms with Crippen molar-refractivity contribution in [2.24, 2.45) is 0 Å². The monoisotopic (exact) mass is 273 g/mol. The lowest BCUT2D eigenvalue weighted by atomic mass is 10.2. The number of nitrogens with zero attached hydrogens (tertiary/aromatic N) is 3. The molecule has 2 rings (SSSR count). The second-order valence-corrected chi connectivity index (χ2v) is 4.50. The molecular formula is C14H19N5O. The van der Waals surface area contributed by atoms with Crippen molar-refractivity contribution >= 4 is 11.6 Å². The summed E-state index contributed by atoms with van der Waals surface area (Å²) in [6, 6.07) is 7.70. The molecule has 0 radical (unpaired) electrons. The van der Waals surface area contributed by atoms with Gasteiger partial charge in [0.2, 0.25) is 5.91 Å². The molecule has 1 aromatic heterocycles. The fraction of sp³-hybridized carbons (Fsp3) is 0.357. The van der Waals surface area contributed by atoms with E-state index in [1.165, 1.54) is 0 Å². The van der Waals surface area contributed by atoms with E-state index >= 15 is 0 Å². The van der Waals surface area contributed by atoms with E-state index in [1.54, 1.807) is 6.33 Å². The highest BCUT2D eigenvalue weighted by atomic mass is 16.1. The van der Waals surface area contributed by atoms with Gasteiger partial charge in [-0.2, -0.15) is 0 Å². The van der Waals surface area contributed by atoms with E-state index in [9.17, 15) is 4.79 Å². The maximum atomic E-state index is 11.8. The number of para-hydroxylation sites is 1. The summed E-state index contributed by atoms with van der Waals surface area (Å²) in [7, 11) is 0. The molecule has 0 saturated heterocycles. The van der Waals surface area contributed by atoms with Crippen molar-refractivity contribution in [2.45, 2.75) is 26.9 Å². The van der Waals surface area contributed by atoms with Crippen LogP contribution in [0, 0.1) is 6.92 Å². The van der Waals surface area contributed by atoms with Crippen molar-refractivity contribution in [1.82, 2.24) is 20.1 Å². The molecule has 1 heterocycles. The van der Waals surface area contributed by atoms with Crippen molar-refractivity contribution in [1.29, 1.82) is 0 Å². The largest absolute Gasteiger partial charge is 0.325 e. The van der Waals surface area contributed by atoms with E-state index in [4.69, 9.17) is 0 Å². The Morgan fingerprint density at radius 3 is 2.90 bits per heavy atom. The van der Waals surface area contributed by atoms with Gasteiger partial charge in [-0.25, -0.2) is 0 Å². The van der Waals surface area contributed by atoms with Crippen LogP contribution in [0.2, 0.25) is 0 Å². The Labute approximate surface area is 118 Å². The highest BCUT2D eigenvalue weighted by Crippen LogP contribution is 2.12. The molecule has 20 heavy (non-hydrogen) atoms. The zero-order chi connectivity index (χ0) is 14.4. The second-order valence-electron chi connectivity index (χ2n) is 4.50. The zero-order valence-electron chi connectivity index (χ0n) is 11.8. The number of hydrogen-bond acceptors (Lipinski definition) is 4. The molecular weight excluding hydrogens is 254 g/mol. The number of nitrogens with one attached hydrogen (secondary N) is 2. The summed E-state index contributed by atoms with van der Waals surface area (Å²) in [6.07, 6.45) is 1.68. The first-order valence-electron chi connectivity index (χ1n) is 6.63. The smallest absolute Gasteiger partial charge is 0.238 e. The van der Waals surface area contributed by atoms with Crippen LogP contribution in [0.1, 0.15) is 18.3 Å². The summed E-state index contributed by atoms with van der Waals surface area (Å²) >= 11 is 0. The third-order valence-corrected chi connectivity index (χ3v) is 3.02. The summed E-state index contributed by atoms with van der Waals surface area (Å²) in [5.41, 5.74) is 1.89. The molecule has 1 aromatic carbocycles. The molecule has 0 fully saturated rings. The molecule has 0 bridgehead atoms. The van der Waals surface area contributed by atoms with E-state index in [0.717, 1.165) is 23.6 Å². The molecule has 0 aliphatic heterocycles. The van der Waals surface area contributed by atoms with Crippen LogP contribution in [0.3, 0.4) is 0 Å². The number of rotatable bonds is 6. The maximum Gasteiger partial charge on any atom is 0.238 e. The predicted octanol–water partition coefficient (Wildman–Crippen LogP) is 1.33. The number of benzene rings is 1. The average molecular weight is 273 g/mol. The third-order valence-electron chi connectivity index (χ3n) is 3.02. The summed E-state index contributed by atoms with van der Waals surface area (Å²) in [5.74, 6) is 0.762. The van der Waals surface area contributed by atoms with E-state index in [1.807, 2.05) is 42.7 Å². The summed E-state index contributed by atoms with van der Waals surface area (Å²) < 4.78 is 1.94. The fourth-order valence-electron chi connectivity index (χ4n) is 1.88. The molecule has 0 saturated carbocycles. The number of anilines is 1. The Balaban J connectivity index is 1.80. The van der Waals surface area contributed by atoms with Crippen molar-refractivity contribution in [3.63, 3.8) is 0 Å². The van der Waals surface area contributed by atoms with Crippen LogP contribution < -0.4 is 10.6 Å². The highest BCUT2D eigenvalue weighted by molar-refractivity contribution is 5.92. The molecule has 0 unspecified atom stereocenters. The van der Waals surface area contributed by atoms with Gasteiger partial charge in [0.1, 0.15) is 12.2 Å². The molecule has 0 aliphatic rings. The lowest BCUT2D eigenvalue weighted by Crippen LogP contribution is -2.28. The Kier molecular flexibility index (Phi) is 4.84. The molecule has 0 atom stereocenters. The first-order chi connectivity index (χ1) is 9.70. The lowest BCUT2D eigenvalue weighted by molar-refractivity contribution is -0.115. The normalized spacial score (nSPS) is 10.5. The Morgan fingerprint density at radius 1 is 1.35 bits per heavy atom. The van der Waals surface area contributed by atoms with Crippen LogP contribution in [0.4, 0.5) is 5.69 Å². The molecule has 106 valence electrons. The van der Waals surface area contributed by atoms with Crippen molar-refractivity contribution < 1.29 is 4.79 Å². The fourth-order valence-corrected chi connectivity index (χ4v) is 1.88. The van der Waals surface area contributed by atoms with Gasteiger partial charge in [0.05, 0.1) is 13.1 Å². The lowest BCUT2D eigenvalue weighted by Gasteiger charge is -2.09. The molecule has 6 heteroatoms. The van der Waals surface area contributed by atoms with Gasteiger partial charge < -0.3 is 15.2 Å². The summed E-state index contributed by atoms with van der Waals surface area (Å²) in [6.45, 7) is 5.57. The van der Waals surface area contributed by atoms with Crippen molar-refractivity contribution in [3.8, 4) is 0 Å². The van der Waals surface area contributed by atoms with Crippen LogP contribution in [-0.4, -0.2) is 27.2 Å². The van der Waals surface area contributed by atoms with Gasteiger partial charge in [-0.3, -0.25) is 4.79 Å². The van der Waals surface area contributed by atoms with Gasteiger partial charge in [-0.15, -0.1) is 10.2 Å². The van der Waals surface area contributed by atoms with Gasteiger partial charge >= 0.3 is 0 Å². The third kappa shape index (κ3) is 3.64. The van der Waals surface area contributed by atoms with E-state index in [2.05, 4.69) is 20.8 Å². The van der Waals surface area contributed by atoms with Crippen molar-refractivity contribution in [3.05, 3.63) is 42.0 Å². The van der Waals surface area contributed by atoms with Crippen LogP contribution in [0.25, 0.3) is 0 Å². The SMILES string of the molecule is CCn1cnnc1CNCC(=O)Nc1ccccc1C. The van der Waals surface area contributed by atoms with Crippen molar-refractivity contribution in [2.75, 3.05) is 11.9 Å². The molecule has 2 aromatic rings. The number of carbonyl (C=O) groups excluding carboxylic acids is 1. The molecule has 0 spiro atoms. The quantitative estimate of drug-likeness (QED) is 0.833. The number of aromatic nitrogens is 3. The minimum atomic E-state index is -0.0677. The van der Waals surface area contributed by atoms with Crippen LogP contribution >= 0.6 is 0 Å².